The lowest BCUT2D eigenvalue weighted by atomic mass is 10.1. The molecule has 1 saturated heterocycles. The fourth-order valence-electron chi connectivity index (χ4n) is 3.51. The van der Waals surface area contributed by atoms with Gasteiger partial charge in [0.1, 0.15) is 0 Å². The van der Waals surface area contributed by atoms with Crippen LogP contribution in [0.3, 0.4) is 0 Å². The van der Waals surface area contributed by atoms with Crippen molar-refractivity contribution in [3.8, 4) is 0 Å². The molecular formula is C20H17F3N4O2. The quantitative estimate of drug-likeness (QED) is 0.734. The number of anilines is 1. The number of amides is 2. The lowest BCUT2D eigenvalue weighted by Crippen LogP contribution is -2.39. The molecule has 0 aliphatic carbocycles. The summed E-state index contributed by atoms with van der Waals surface area (Å²) in [4.78, 5) is 26.8. The molecule has 1 fully saturated rings. The third kappa shape index (κ3) is 3.26. The number of alkyl halides is 3. The number of carbonyl (C=O) groups excluding carboxylic acids is 2. The average Bonchev–Trinajstić information content (AvgIpc) is 3.17. The van der Waals surface area contributed by atoms with Crippen LogP contribution >= 0.6 is 0 Å². The van der Waals surface area contributed by atoms with Crippen LogP contribution in [0.4, 0.5) is 18.9 Å². The van der Waals surface area contributed by atoms with Gasteiger partial charge in [0.05, 0.1) is 17.8 Å². The smallest absolute Gasteiger partial charge is 0.271 e. The van der Waals surface area contributed by atoms with Gasteiger partial charge in [-0.25, -0.2) is 4.90 Å². The summed E-state index contributed by atoms with van der Waals surface area (Å²) in [6, 6.07) is 8.10. The first-order valence-corrected chi connectivity index (χ1v) is 8.95. The molecular weight excluding hydrogens is 385 g/mol. The molecule has 2 aliphatic rings. The average molecular weight is 402 g/mol. The van der Waals surface area contributed by atoms with Gasteiger partial charge in [0.2, 0.25) is 0 Å². The summed E-state index contributed by atoms with van der Waals surface area (Å²) in [6.07, 6.45) is -4.47. The normalized spacial score (nSPS) is 21.3. The Bertz CT molecular complexity index is 1030. The molecule has 0 spiro atoms. The molecule has 29 heavy (non-hydrogen) atoms. The lowest BCUT2D eigenvalue weighted by molar-refractivity contribution is -0.137. The number of halogens is 3. The van der Waals surface area contributed by atoms with Crippen molar-refractivity contribution >= 4 is 17.5 Å². The number of hydrogen-bond donors (Lipinski definition) is 0. The second-order valence-electron chi connectivity index (χ2n) is 7.17. The molecule has 2 unspecified atom stereocenters. The van der Waals surface area contributed by atoms with Gasteiger partial charge in [-0.15, -0.1) is 0 Å². The van der Waals surface area contributed by atoms with E-state index in [1.54, 1.807) is 12.1 Å². The second kappa shape index (κ2) is 6.68. The SMILES string of the molecule is Cc1ccc(N2C(=O)C3N=NN(Cc4cccc(C(F)(F)F)c4)C3C2=O)cc1C. The van der Waals surface area contributed by atoms with Gasteiger partial charge in [0.25, 0.3) is 11.8 Å². The standard InChI is InChI=1S/C20H17F3N4O2/c1-11-6-7-15(8-12(11)2)27-18(28)16-17(19(27)29)26(25-24-16)10-13-4-3-5-14(9-13)20(21,22)23/h3-9,16-17H,10H2,1-2H3. The van der Waals surface area contributed by atoms with Gasteiger partial charge in [-0.05, 0) is 54.8 Å². The Kier molecular flexibility index (Phi) is 4.40. The van der Waals surface area contributed by atoms with Crippen molar-refractivity contribution in [1.29, 1.82) is 0 Å². The minimum absolute atomic E-state index is 0.0611. The van der Waals surface area contributed by atoms with Crippen molar-refractivity contribution in [3.63, 3.8) is 0 Å². The molecule has 2 aromatic rings. The van der Waals surface area contributed by atoms with E-state index in [0.29, 0.717) is 11.3 Å². The van der Waals surface area contributed by atoms with Crippen LogP contribution in [0.5, 0.6) is 0 Å². The predicted molar refractivity (Wildman–Crippen MR) is 97.8 cm³/mol. The maximum absolute atomic E-state index is 13.0. The maximum atomic E-state index is 13.0. The maximum Gasteiger partial charge on any atom is 0.416 e. The van der Waals surface area contributed by atoms with Crippen molar-refractivity contribution in [2.75, 3.05) is 4.90 Å². The van der Waals surface area contributed by atoms with E-state index in [1.807, 2.05) is 19.9 Å². The van der Waals surface area contributed by atoms with E-state index in [-0.39, 0.29) is 6.54 Å². The summed E-state index contributed by atoms with van der Waals surface area (Å²) in [7, 11) is 0. The molecule has 6 nitrogen and oxygen atoms in total. The van der Waals surface area contributed by atoms with Crippen molar-refractivity contribution in [2.24, 2.45) is 10.3 Å². The number of rotatable bonds is 3. The number of aryl methyl sites for hydroxylation is 2. The van der Waals surface area contributed by atoms with E-state index in [9.17, 15) is 22.8 Å². The number of fused-ring (bicyclic) bond motifs is 1. The zero-order valence-corrected chi connectivity index (χ0v) is 15.6. The van der Waals surface area contributed by atoms with Crippen LogP contribution in [0.2, 0.25) is 0 Å². The van der Waals surface area contributed by atoms with Gasteiger partial charge in [-0.3, -0.25) is 14.6 Å². The summed E-state index contributed by atoms with van der Waals surface area (Å²) in [5, 5.41) is 9.07. The Morgan fingerprint density at radius 2 is 1.76 bits per heavy atom. The first-order valence-electron chi connectivity index (χ1n) is 8.95. The summed E-state index contributed by atoms with van der Waals surface area (Å²) in [6.45, 7) is 3.74. The lowest BCUT2D eigenvalue weighted by Gasteiger charge is -2.21. The summed E-state index contributed by atoms with van der Waals surface area (Å²) in [5.41, 5.74) is 1.95. The molecule has 2 heterocycles. The van der Waals surface area contributed by atoms with Crippen LogP contribution in [0, 0.1) is 13.8 Å². The van der Waals surface area contributed by atoms with Gasteiger partial charge in [0, 0.05) is 0 Å². The van der Waals surface area contributed by atoms with Gasteiger partial charge in [-0.1, -0.05) is 23.4 Å². The van der Waals surface area contributed by atoms with Crippen LogP contribution in [0.25, 0.3) is 0 Å². The fourth-order valence-corrected chi connectivity index (χ4v) is 3.51. The molecule has 2 aromatic carbocycles. The zero-order valence-electron chi connectivity index (χ0n) is 15.6. The first kappa shape index (κ1) is 19.1. The highest BCUT2D eigenvalue weighted by Crippen LogP contribution is 2.34. The molecule has 0 saturated carbocycles. The second-order valence-corrected chi connectivity index (χ2v) is 7.17. The number of imide groups is 1. The van der Waals surface area contributed by atoms with Crippen LogP contribution in [-0.2, 0) is 22.3 Å². The predicted octanol–water partition coefficient (Wildman–Crippen LogP) is 3.82. The van der Waals surface area contributed by atoms with Gasteiger partial charge in [-0.2, -0.15) is 18.3 Å². The monoisotopic (exact) mass is 402 g/mol. The summed E-state index contributed by atoms with van der Waals surface area (Å²) < 4.78 is 38.8. The van der Waals surface area contributed by atoms with E-state index >= 15 is 0 Å². The Morgan fingerprint density at radius 1 is 1.00 bits per heavy atom. The topological polar surface area (TPSA) is 65.3 Å². The Balaban J connectivity index is 1.59. The molecule has 0 bridgehead atoms. The highest BCUT2D eigenvalue weighted by molar-refractivity contribution is 6.25. The number of hydrogen-bond acceptors (Lipinski definition) is 5. The van der Waals surface area contributed by atoms with Crippen molar-refractivity contribution < 1.29 is 22.8 Å². The molecule has 0 radical (unpaired) electrons. The van der Waals surface area contributed by atoms with Gasteiger partial charge >= 0.3 is 6.18 Å². The van der Waals surface area contributed by atoms with Crippen LogP contribution in [-0.4, -0.2) is 28.9 Å². The van der Waals surface area contributed by atoms with Crippen molar-refractivity contribution in [3.05, 3.63) is 64.7 Å². The molecule has 2 aliphatic heterocycles. The fraction of sp³-hybridized carbons (Fsp3) is 0.300. The Hall–Kier alpha value is -3.23. The van der Waals surface area contributed by atoms with Gasteiger partial charge < -0.3 is 0 Å². The number of nitrogens with zero attached hydrogens (tertiary/aromatic N) is 4. The van der Waals surface area contributed by atoms with Crippen LogP contribution < -0.4 is 4.90 Å². The van der Waals surface area contributed by atoms with Gasteiger partial charge in [0.15, 0.2) is 12.1 Å². The van der Waals surface area contributed by atoms with E-state index in [4.69, 9.17) is 0 Å². The van der Waals surface area contributed by atoms with Crippen molar-refractivity contribution in [1.82, 2.24) is 5.01 Å². The highest BCUT2D eigenvalue weighted by Gasteiger charge is 2.54. The third-order valence-corrected chi connectivity index (χ3v) is 5.21. The highest BCUT2D eigenvalue weighted by atomic mass is 19.4. The number of benzene rings is 2. The number of carbonyl (C=O) groups is 2. The molecule has 0 N–H and O–H groups in total. The van der Waals surface area contributed by atoms with E-state index in [2.05, 4.69) is 10.3 Å². The minimum Gasteiger partial charge on any atom is -0.271 e. The molecule has 9 heteroatoms. The molecule has 0 aromatic heterocycles. The largest absolute Gasteiger partial charge is 0.416 e. The molecule has 4 rings (SSSR count). The van der Waals surface area contributed by atoms with E-state index in [1.165, 1.54) is 17.1 Å². The van der Waals surface area contributed by atoms with Crippen LogP contribution in [0.15, 0.2) is 52.8 Å². The summed E-state index contributed by atoms with van der Waals surface area (Å²) >= 11 is 0. The zero-order chi connectivity index (χ0) is 20.9. The minimum atomic E-state index is -4.47. The van der Waals surface area contributed by atoms with E-state index < -0.39 is 35.6 Å². The van der Waals surface area contributed by atoms with Crippen LogP contribution in [0.1, 0.15) is 22.3 Å². The Labute approximate surface area is 164 Å². The van der Waals surface area contributed by atoms with Crippen molar-refractivity contribution in [2.45, 2.75) is 38.7 Å². The summed E-state index contributed by atoms with van der Waals surface area (Å²) in [5.74, 6) is -0.973. The molecule has 2 amide bonds. The first-order chi connectivity index (χ1) is 13.7. The van der Waals surface area contributed by atoms with E-state index in [0.717, 1.165) is 28.2 Å². The third-order valence-electron chi connectivity index (χ3n) is 5.21. The Morgan fingerprint density at radius 3 is 2.45 bits per heavy atom. The molecule has 2 atom stereocenters. The molecule has 150 valence electrons.